The van der Waals surface area contributed by atoms with Crippen LogP contribution in [-0.2, 0) is 9.59 Å². The van der Waals surface area contributed by atoms with Gasteiger partial charge in [0.1, 0.15) is 10.1 Å². The molecule has 140 valence electrons. The quantitative estimate of drug-likeness (QED) is 0.387. The number of phenolic OH excluding ortho intramolecular Hbond substituents is 1. The molecule has 1 aromatic carbocycles. The summed E-state index contributed by atoms with van der Waals surface area (Å²) in [6.45, 7) is 0.362. The lowest BCUT2D eigenvalue weighted by Crippen LogP contribution is -2.29. The van der Waals surface area contributed by atoms with Crippen molar-refractivity contribution in [2.75, 3.05) is 11.9 Å². The monoisotopic (exact) mass is 438 g/mol. The molecule has 9 heteroatoms. The first-order valence-electron chi connectivity index (χ1n) is 8.01. The van der Waals surface area contributed by atoms with Crippen LogP contribution in [0.1, 0.15) is 17.7 Å². The van der Waals surface area contributed by atoms with Crippen LogP contribution in [0.25, 0.3) is 6.08 Å². The Balaban J connectivity index is 1.52. The van der Waals surface area contributed by atoms with Crippen molar-refractivity contribution in [1.82, 2.24) is 4.90 Å². The third-order valence-corrected chi connectivity index (χ3v) is 6.14. The highest BCUT2D eigenvalue weighted by Gasteiger charge is 2.31. The van der Waals surface area contributed by atoms with Gasteiger partial charge in [-0.05, 0) is 42.1 Å². The number of halogens is 1. The van der Waals surface area contributed by atoms with Crippen molar-refractivity contribution in [3.05, 3.63) is 50.5 Å². The number of nitrogens with zero attached hydrogens (tertiary/aromatic N) is 1. The lowest BCUT2D eigenvalue weighted by Gasteiger charge is -2.14. The van der Waals surface area contributed by atoms with Gasteiger partial charge in [-0.15, -0.1) is 11.3 Å². The summed E-state index contributed by atoms with van der Waals surface area (Å²) in [6.07, 6.45) is 2.47. The highest BCUT2D eigenvalue weighted by molar-refractivity contribution is 8.26. The fraction of sp³-hybridized carbons (Fsp3) is 0.167. The normalized spacial score (nSPS) is 15.6. The third-order valence-electron chi connectivity index (χ3n) is 3.71. The summed E-state index contributed by atoms with van der Waals surface area (Å²) in [5, 5.41) is 14.7. The number of thiophene rings is 1. The van der Waals surface area contributed by atoms with Crippen molar-refractivity contribution in [3.8, 4) is 5.75 Å². The number of nitrogens with one attached hydrogen (secondary N) is 1. The molecule has 1 aromatic heterocycles. The molecule has 5 nitrogen and oxygen atoms in total. The lowest BCUT2D eigenvalue weighted by atomic mass is 10.2. The average molecular weight is 439 g/mol. The number of rotatable bonds is 6. The van der Waals surface area contributed by atoms with E-state index in [1.807, 2.05) is 23.6 Å². The summed E-state index contributed by atoms with van der Waals surface area (Å²) in [5.74, 6) is -0.457. The van der Waals surface area contributed by atoms with E-state index in [1.54, 1.807) is 11.3 Å². The second-order valence-corrected chi connectivity index (χ2v) is 8.75. The summed E-state index contributed by atoms with van der Waals surface area (Å²) >= 11 is 14.0. The lowest BCUT2D eigenvalue weighted by molar-refractivity contribution is -0.122. The van der Waals surface area contributed by atoms with E-state index in [0.717, 1.165) is 4.88 Å². The minimum Gasteiger partial charge on any atom is -0.506 e. The molecule has 0 aliphatic carbocycles. The molecule has 1 fully saturated rings. The third kappa shape index (κ3) is 5.10. The van der Waals surface area contributed by atoms with Crippen molar-refractivity contribution in [2.24, 2.45) is 0 Å². The van der Waals surface area contributed by atoms with Gasteiger partial charge in [-0.3, -0.25) is 14.5 Å². The predicted octanol–water partition coefficient (Wildman–Crippen LogP) is 4.73. The van der Waals surface area contributed by atoms with Gasteiger partial charge >= 0.3 is 0 Å². The Kier molecular flexibility index (Phi) is 6.54. The molecule has 0 saturated carbocycles. The first kappa shape index (κ1) is 19.9. The zero-order valence-electron chi connectivity index (χ0n) is 14.0. The van der Waals surface area contributed by atoms with Crippen molar-refractivity contribution < 1.29 is 14.7 Å². The van der Waals surface area contributed by atoms with E-state index in [4.69, 9.17) is 23.8 Å². The number of benzene rings is 1. The van der Waals surface area contributed by atoms with Crippen LogP contribution in [-0.4, -0.2) is 32.7 Å². The number of anilines is 1. The summed E-state index contributed by atoms with van der Waals surface area (Å²) in [4.78, 5) is 27.7. The molecule has 2 aromatic rings. The molecule has 1 saturated heterocycles. The molecule has 3 rings (SSSR count). The number of phenols is 1. The molecule has 1 aliphatic heterocycles. The van der Waals surface area contributed by atoms with Gasteiger partial charge in [0.25, 0.3) is 5.91 Å². The first-order chi connectivity index (χ1) is 12.9. The van der Waals surface area contributed by atoms with Crippen LogP contribution < -0.4 is 5.32 Å². The van der Waals surface area contributed by atoms with E-state index in [-0.39, 0.29) is 29.7 Å². The molecule has 0 atom stereocenters. The van der Waals surface area contributed by atoms with Crippen molar-refractivity contribution >= 4 is 74.8 Å². The van der Waals surface area contributed by atoms with E-state index >= 15 is 0 Å². The summed E-state index contributed by atoms with van der Waals surface area (Å²) in [7, 11) is 0. The maximum Gasteiger partial charge on any atom is 0.266 e. The fourth-order valence-electron chi connectivity index (χ4n) is 2.41. The molecule has 0 unspecified atom stereocenters. The zero-order valence-corrected chi connectivity index (χ0v) is 17.2. The van der Waals surface area contributed by atoms with Gasteiger partial charge in [0.2, 0.25) is 5.91 Å². The molecule has 0 radical (unpaired) electrons. The Morgan fingerprint density at radius 1 is 1.37 bits per heavy atom. The van der Waals surface area contributed by atoms with Crippen molar-refractivity contribution in [3.63, 3.8) is 0 Å². The second-order valence-electron chi connectivity index (χ2n) is 5.66. The van der Waals surface area contributed by atoms with Gasteiger partial charge in [0.15, 0.2) is 0 Å². The molecule has 2 amide bonds. The van der Waals surface area contributed by atoms with E-state index in [9.17, 15) is 14.7 Å². The SMILES string of the molecule is O=C(CCCN1C(=O)C(=Cc2cccs2)SC1=S)Nc1cc(Cl)ccc1O. The number of hydrogen-bond acceptors (Lipinski definition) is 6. The molecular formula is C18H15ClN2O3S3. The Labute approximate surface area is 175 Å². The standard InChI is InChI=1S/C18H15ClN2O3S3/c19-11-5-6-14(22)13(9-11)20-16(23)4-1-7-21-17(24)15(27-18(21)25)10-12-3-2-8-26-12/h2-3,5-6,8-10,22H,1,4,7H2,(H,20,23). The van der Waals surface area contributed by atoms with E-state index in [1.165, 1.54) is 34.9 Å². The highest BCUT2D eigenvalue weighted by Crippen LogP contribution is 2.33. The Morgan fingerprint density at radius 3 is 2.93 bits per heavy atom. The van der Waals surface area contributed by atoms with Crippen LogP contribution in [0, 0.1) is 0 Å². The van der Waals surface area contributed by atoms with Crippen LogP contribution in [0.2, 0.25) is 5.02 Å². The molecule has 2 N–H and O–H groups in total. The van der Waals surface area contributed by atoms with Crippen LogP contribution in [0.15, 0.2) is 40.6 Å². The van der Waals surface area contributed by atoms with Gasteiger partial charge < -0.3 is 10.4 Å². The van der Waals surface area contributed by atoms with Gasteiger partial charge in [0.05, 0.1) is 10.6 Å². The smallest absolute Gasteiger partial charge is 0.266 e. The van der Waals surface area contributed by atoms with Crippen LogP contribution >= 0.6 is 46.9 Å². The van der Waals surface area contributed by atoms with Gasteiger partial charge in [-0.2, -0.15) is 0 Å². The second kappa shape index (κ2) is 8.88. The predicted molar refractivity (Wildman–Crippen MR) is 115 cm³/mol. The maximum absolute atomic E-state index is 12.5. The van der Waals surface area contributed by atoms with Gasteiger partial charge in [-0.1, -0.05) is 41.6 Å². The number of thioether (sulfide) groups is 1. The molecule has 0 spiro atoms. The van der Waals surface area contributed by atoms with E-state index < -0.39 is 0 Å². The number of hydrogen-bond donors (Lipinski definition) is 2. The number of amides is 2. The largest absolute Gasteiger partial charge is 0.506 e. The number of aromatic hydroxyl groups is 1. The van der Waals surface area contributed by atoms with Crippen LogP contribution in [0.4, 0.5) is 5.69 Å². The minimum atomic E-state index is -0.271. The van der Waals surface area contributed by atoms with Crippen LogP contribution in [0.5, 0.6) is 5.75 Å². The number of carbonyl (C=O) groups is 2. The van der Waals surface area contributed by atoms with E-state index in [2.05, 4.69) is 5.32 Å². The summed E-state index contributed by atoms with van der Waals surface area (Å²) in [6, 6.07) is 8.29. The summed E-state index contributed by atoms with van der Waals surface area (Å²) in [5.41, 5.74) is 0.261. The maximum atomic E-state index is 12.5. The van der Waals surface area contributed by atoms with Crippen molar-refractivity contribution in [2.45, 2.75) is 12.8 Å². The Morgan fingerprint density at radius 2 is 2.19 bits per heavy atom. The topological polar surface area (TPSA) is 69.6 Å². The zero-order chi connectivity index (χ0) is 19.4. The van der Waals surface area contributed by atoms with Crippen LogP contribution in [0.3, 0.4) is 0 Å². The first-order valence-corrected chi connectivity index (χ1v) is 10.5. The Bertz CT molecular complexity index is 913. The van der Waals surface area contributed by atoms with Crippen molar-refractivity contribution in [1.29, 1.82) is 0 Å². The fourth-order valence-corrected chi connectivity index (χ4v) is 4.62. The molecule has 0 bridgehead atoms. The number of carbonyl (C=O) groups excluding carboxylic acids is 2. The highest BCUT2D eigenvalue weighted by atomic mass is 35.5. The minimum absolute atomic E-state index is 0.0524. The molecular weight excluding hydrogens is 424 g/mol. The van der Waals surface area contributed by atoms with Gasteiger partial charge in [-0.25, -0.2) is 0 Å². The van der Waals surface area contributed by atoms with E-state index in [0.29, 0.717) is 27.2 Å². The molecule has 2 heterocycles. The van der Waals surface area contributed by atoms with Gasteiger partial charge in [0, 0.05) is 22.9 Å². The number of thiocarbonyl (C=S) groups is 1. The molecule has 1 aliphatic rings. The average Bonchev–Trinajstić information content (AvgIpc) is 3.22. The molecule has 27 heavy (non-hydrogen) atoms. The summed E-state index contributed by atoms with van der Waals surface area (Å²) < 4.78 is 0.496. The Hall–Kier alpha value is -1.87.